The highest BCUT2D eigenvalue weighted by Crippen LogP contribution is 2.23. The molecular formula is C20H22N4O. The van der Waals surface area contributed by atoms with Gasteiger partial charge in [-0.1, -0.05) is 23.8 Å². The summed E-state index contributed by atoms with van der Waals surface area (Å²) >= 11 is 0. The zero-order valence-electron chi connectivity index (χ0n) is 15.2. The summed E-state index contributed by atoms with van der Waals surface area (Å²) in [5, 5.41) is 7.49. The number of hydrogen-bond acceptors (Lipinski definition) is 3. The lowest BCUT2D eigenvalue weighted by atomic mass is 10.0. The third-order valence-corrected chi connectivity index (χ3v) is 4.16. The van der Waals surface area contributed by atoms with Crippen molar-refractivity contribution >= 4 is 11.6 Å². The number of nitrogens with one attached hydrogen (secondary N) is 1. The van der Waals surface area contributed by atoms with Gasteiger partial charge in [-0.05, 0) is 63.4 Å². The monoisotopic (exact) mass is 334 g/mol. The van der Waals surface area contributed by atoms with Crippen LogP contribution in [-0.4, -0.2) is 20.7 Å². The van der Waals surface area contributed by atoms with Crippen LogP contribution in [0.5, 0.6) is 0 Å². The highest BCUT2D eigenvalue weighted by Gasteiger charge is 2.18. The lowest BCUT2D eigenvalue weighted by molar-refractivity contribution is 0.101. The standard InChI is InChI=1S/C20H22N4O/c1-12-9-14(3)18(15(4)10-12)22-20(25)17-11-16(5)23-24(17)19-13(2)7-6-8-21-19/h6-11H,1-5H3,(H,22,25). The smallest absolute Gasteiger partial charge is 0.274 e. The molecule has 0 aliphatic carbocycles. The number of benzene rings is 1. The summed E-state index contributed by atoms with van der Waals surface area (Å²) < 4.78 is 1.61. The summed E-state index contributed by atoms with van der Waals surface area (Å²) in [6, 6.07) is 9.73. The van der Waals surface area contributed by atoms with Crippen molar-refractivity contribution in [1.82, 2.24) is 14.8 Å². The average molecular weight is 334 g/mol. The molecule has 3 aromatic rings. The largest absolute Gasteiger partial charge is 0.320 e. The van der Waals surface area contributed by atoms with Crippen molar-refractivity contribution in [2.75, 3.05) is 5.32 Å². The van der Waals surface area contributed by atoms with Crippen molar-refractivity contribution in [3.63, 3.8) is 0 Å². The fraction of sp³-hybridized carbons (Fsp3) is 0.250. The lowest BCUT2D eigenvalue weighted by Gasteiger charge is -2.14. The van der Waals surface area contributed by atoms with E-state index in [1.54, 1.807) is 16.9 Å². The van der Waals surface area contributed by atoms with Crippen molar-refractivity contribution in [1.29, 1.82) is 0 Å². The van der Waals surface area contributed by atoms with Crippen LogP contribution in [0.3, 0.4) is 0 Å². The third-order valence-electron chi connectivity index (χ3n) is 4.16. The number of carbonyl (C=O) groups is 1. The maximum absolute atomic E-state index is 12.9. The van der Waals surface area contributed by atoms with Crippen LogP contribution in [0.25, 0.3) is 5.82 Å². The molecule has 0 saturated heterocycles. The minimum Gasteiger partial charge on any atom is -0.320 e. The van der Waals surface area contributed by atoms with Crippen LogP contribution in [-0.2, 0) is 0 Å². The number of amides is 1. The second kappa shape index (κ2) is 6.51. The predicted octanol–water partition coefficient (Wildman–Crippen LogP) is 4.06. The van der Waals surface area contributed by atoms with Gasteiger partial charge in [-0.25, -0.2) is 9.67 Å². The van der Waals surface area contributed by atoms with Crippen LogP contribution < -0.4 is 5.32 Å². The molecule has 0 bridgehead atoms. The highest BCUT2D eigenvalue weighted by molar-refractivity contribution is 6.04. The van der Waals surface area contributed by atoms with E-state index < -0.39 is 0 Å². The summed E-state index contributed by atoms with van der Waals surface area (Å²) in [6.45, 7) is 9.87. The summed E-state index contributed by atoms with van der Waals surface area (Å²) in [6.07, 6.45) is 1.70. The van der Waals surface area contributed by atoms with E-state index in [1.165, 1.54) is 5.56 Å². The molecule has 25 heavy (non-hydrogen) atoms. The topological polar surface area (TPSA) is 59.8 Å². The van der Waals surface area contributed by atoms with E-state index in [2.05, 4.69) is 27.5 Å². The van der Waals surface area contributed by atoms with Crippen LogP contribution in [0.15, 0.2) is 36.5 Å². The first-order chi connectivity index (χ1) is 11.9. The van der Waals surface area contributed by atoms with Gasteiger partial charge in [-0.3, -0.25) is 4.79 Å². The Labute approximate surface area is 147 Å². The third kappa shape index (κ3) is 3.31. The normalized spacial score (nSPS) is 10.8. The fourth-order valence-electron chi connectivity index (χ4n) is 3.08. The number of nitrogens with zero attached hydrogens (tertiary/aromatic N) is 3. The Kier molecular flexibility index (Phi) is 4.40. The van der Waals surface area contributed by atoms with Crippen LogP contribution in [0.4, 0.5) is 5.69 Å². The van der Waals surface area contributed by atoms with Gasteiger partial charge < -0.3 is 5.32 Å². The van der Waals surface area contributed by atoms with Gasteiger partial charge in [-0.15, -0.1) is 0 Å². The Hall–Kier alpha value is -2.95. The van der Waals surface area contributed by atoms with Gasteiger partial charge in [0.1, 0.15) is 5.69 Å². The number of rotatable bonds is 3. The number of hydrogen-bond donors (Lipinski definition) is 1. The number of anilines is 1. The molecule has 0 unspecified atom stereocenters. The van der Waals surface area contributed by atoms with Gasteiger partial charge in [0.2, 0.25) is 0 Å². The zero-order valence-corrected chi connectivity index (χ0v) is 15.2. The SMILES string of the molecule is Cc1cc(C)c(NC(=O)c2cc(C)nn2-c2ncccc2C)c(C)c1. The maximum atomic E-state index is 12.9. The number of carbonyl (C=O) groups excluding carboxylic acids is 1. The molecular weight excluding hydrogens is 312 g/mol. The van der Waals surface area contributed by atoms with Gasteiger partial charge in [0.15, 0.2) is 5.82 Å². The molecule has 128 valence electrons. The fourth-order valence-corrected chi connectivity index (χ4v) is 3.08. The van der Waals surface area contributed by atoms with Gasteiger partial charge in [0.25, 0.3) is 5.91 Å². The van der Waals surface area contributed by atoms with Gasteiger partial charge in [-0.2, -0.15) is 5.10 Å². The second-order valence-electron chi connectivity index (χ2n) is 6.45. The molecule has 2 heterocycles. The van der Waals surface area contributed by atoms with Crippen molar-refractivity contribution < 1.29 is 4.79 Å². The van der Waals surface area contributed by atoms with Crippen LogP contribution in [0, 0.1) is 34.6 Å². The molecule has 1 aromatic carbocycles. The van der Waals surface area contributed by atoms with E-state index in [0.29, 0.717) is 11.5 Å². The van der Waals surface area contributed by atoms with E-state index >= 15 is 0 Å². The minimum absolute atomic E-state index is 0.194. The number of pyridine rings is 1. The molecule has 5 heteroatoms. The Morgan fingerprint density at radius 1 is 1.00 bits per heavy atom. The zero-order chi connectivity index (χ0) is 18.1. The van der Waals surface area contributed by atoms with E-state index in [-0.39, 0.29) is 5.91 Å². The Bertz CT molecular complexity index is 933. The molecule has 3 rings (SSSR count). The molecule has 5 nitrogen and oxygen atoms in total. The molecule has 1 N–H and O–H groups in total. The maximum Gasteiger partial charge on any atom is 0.274 e. The molecule has 0 atom stereocenters. The van der Waals surface area contributed by atoms with E-state index in [9.17, 15) is 4.79 Å². The first kappa shape index (κ1) is 16.9. The summed E-state index contributed by atoms with van der Waals surface area (Å²) in [5.41, 5.74) is 6.32. The quantitative estimate of drug-likeness (QED) is 0.786. The van der Waals surface area contributed by atoms with E-state index in [4.69, 9.17) is 0 Å². The molecule has 2 aromatic heterocycles. The van der Waals surface area contributed by atoms with Crippen LogP contribution >= 0.6 is 0 Å². The molecule has 0 fully saturated rings. The Morgan fingerprint density at radius 2 is 1.68 bits per heavy atom. The second-order valence-corrected chi connectivity index (χ2v) is 6.45. The highest BCUT2D eigenvalue weighted by atomic mass is 16.2. The Balaban J connectivity index is 2.01. The molecule has 1 amide bonds. The molecule has 0 aliphatic heterocycles. The van der Waals surface area contributed by atoms with Gasteiger partial charge in [0, 0.05) is 11.9 Å². The lowest BCUT2D eigenvalue weighted by Crippen LogP contribution is -2.19. The van der Waals surface area contributed by atoms with Crippen LogP contribution in [0.2, 0.25) is 0 Å². The van der Waals surface area contributed by atoms with Crippen molar-refractivity contribution in [3.8, 4) is 5.82 Å². The molecule has 0 spiro atoms. The van der Waals surface area contributed by atoms with Gasteiger partial charge in [0.05, 0.1) is 5.69 Å². The predicted molar refractivity (Wildman–Crippen MR) is 99.4 cm³/mol. The summed E-state index contributed by atoms with van der Waals surface area (Å²) in [5.74, 6) is 0.471. The van der Waals surface area contributed by atoms with E-state index in [0.717, 1.165) is 28.1 Å². The molecule has 0 radical (unpaired) electrons. The van der Waals surface area contributed by atoms with Gasteiger partial charge >= 0.3 is 0 Å². The molecule has 0 saturated carbocycles. The average Bonchev–Trinajstić information content (AvgIpc) is 2.93. The summed E-state index contributed by atoms with van der Waals surface area (Å²) in [4.78, 5) is 17.3. The van der Waals surface area contributed by atoms with E-state index in [1.807, 2.05) is 46.8 Å². The van der Waals surface area contributed by atoms with Crippen molar-refractivity contribution in [3.05, 3.63) is 70.2 Å². The number of aromatic nitrogens is 3. The Morgan fingerprint density at radius 3 is 2.32 bits per heavy atom. The first-order valence-corrected chi connectivity index (χ1v) is 8.24. The van der Waals surface area contributed by atoms with Crippen molar-refractivity contribution in [2.24, 2.45) is 0 Å². The minimum atomic E-state index is -0.194. The molecule has 0 aliphatic rings. The van der Waals surface area contributed by atoms with Crippen LogP contribution in [0.1, 0.15) is 38.4 Å². The number of aryl methyl sites for hydroxylation is 5. The first-order valence-electron chi connectivity index (χ1n) is 8.24. The summed E-state index contributed by atoms with van der Waals surface area (Å²) in [7, 11) is 0. The van der Waals surface area contributed by atoms with Crippen molar-refractivity contribution in [2.45, 2.75) is 34.6 Å².